The minimum atomic E-state index is 1.02. The van der Waals surface area contributed by atoms with Gasteiger partial charge in [0.2, 0.25) is 0 Å². The molecule has 0 aliphatic rings. The van der Waals surface area contributed by atoms with E-state index in [4.69, 9.17) is 0 Å². The minimum Gasteiger partial charge on any atom is -0.307 e. The lowest BCUT2D eigenvalue weighted by molar-refractivity contribution is 1.20. The van der Waals surface area contributed by atoms with Crippen molar-refractivity contribution in [3.8, 4) is 0 Å². The van der Waals surface area contributed by atoms with Crippen LogP contribution in [-0.4, -0.2) is 9.97 Å². The molecule has 0 atom stereocenters. The zero-order chi connectivity index (χ0) is 12.9. The number of anilines is 3. The molecule has 0 saturated heterocycles. The topological polar surface area (TPSA) is 29.0 Å². The van der Waals surface area contributed by atoms with Crippen LogP contribution in [0.2, 0.25) is 0 Å². The molecule has 0 saturated carbocycles. The molecule has 0 radical (unpaired) electrons. The maximum absolute atomic E-state index is 4.19. The van der Waals surface area contributed by atoms with Crippen molar-refractivity contribution >= 4 is 17.1 Å². The van der Waals surface area contributed by atoms with Crippen LogP contribution in [0, 0.1) is 0 Å². The number of hydrogen-bond acceptors (Lipinski definition) is 3. The number of aromatic nitrogens is 2. The second-order valence-corrected chi connectivity index (χ2v) is 4.09. The smallest absolute Gasteiger partial charge is 0.0645 e. The van der Waals surface area contributed by atoms with Gasteiger partial charge in [0.1, 0.15) is 0 Å². The van der Waals surface area contributed by atoms with Crippen LogP contribution >= 0.6 is 0 Å². The lowest BCUT2D eigenvalue weighted by Gasteiger charge is -2.24. The molecule has 2 aromatic heterocycles. The molecule has 0 aliphatic heterocycles. The summed E-state index contributed by atoms with van der Waals surface area (Å²) < 4.78 is 0. The van der Waals surface area contributed by atoms with Crippen molar-refractivity contribution in [3.05, 3.63) is 79.4 Å². The third-order valence-corrected chi connectivity index (χ3v) is 2.82. The molecule has 0 N–H and O–H groups in total. The molecular formula is C16H13N3. The van der Waals surface area contributed by atoms with Crippen molar-refractivity contribution in [2.75, 3.05) is 4.90 Å². The van der Waals surface area contributed by atoms with Gasteiger partial charge >= 0.3 is 0 Å². The van der Waals surface area contributed by atoms with Gasteiger partial charge in [-0.15, -0.1) is 0 Å². The van der Waals surface area contributed by atoms with Crippen LogP contribution < -0.4 is 4.90 Å². The Morgan fingerprint density at radius 2 is 1.11 bits per heavy atom. The molecule has 92 valence electrons. The van der Waals surface area contributed by atoms with Gasteiger partial charge in [-0.2, -0.15) is 0 Å². The summed E-state index contributed by atoms with van der Waals surface area (Å²) in [6.07, 6.45) is 7.24. The first kappa shape index (κ1) is 11.4. The number of para-hydroxylation sites is 1. The maximum Gasteiger partial charge on any atom is 0.0645 e. The number of rotatable bonds is 3. The minimum absolute atomic E-state index is 1.02. The average molecular weight is 247 g/mol. The summed E-state index contributed by atoms with van der Waals surface area (Å²) >= 11 is 0. The van der Waals surface area contributed by atoms with Crippen LogP contribution in [0.5, 0.6) is 0 Å². The summed E-state index contributed by atoms with van der Waals surface area (Å²) in [6.45, 7) is 0. The third kappa shape index (κ3) is 2.45. The first-order chi connectivity index (χ1) is 9.45. The molecule has 2 heterocycles. The zero-order valence-electron chi connectivity index (χ0n) is 10.3. The van der Waals surface area contributed by atoms with Crippen LogP contribution in [-0.2, 0) is 0 Å². The van der Waals surface area contributed by atoms with Crippen molar-refractivity contribution in [3.63, 3.8) is 0 Å². The molecule has 0 unspecified atom stereocenters. The van der Waals surface area contributed by atoms with Gasteiger partial charge in [-0.25, -0.2) is 0 Å². The number of nitrogens with zero attached hydrogens (tertiary/aromatic N) is 3. The molecule has 3 nitrogen and oxygen atoms in total. The van der Waals surface area contributed by atoms with E-state index >= 15 is 0 Å². The average Bonchev–Trinajstić information content (AvgIpc) is 2.51. The lowest BCUT2D eigenvalue weighted by atomic mass is 10.2. The molecule has 0 spiro atoms. The predicted octanol–water partition coefficient (Wildman–Crippen LogP) is 3.95. The molecule has 0 fully saturated rings. The number of pyridine rings is 2. The monoisotopic (exact) mass is 247 g/mol. The Morgan fingerprint density at radius 3 is 1.58 bits per heavy atom. The molecule has 0 amide bonds. The normalized spacial score (nSPS) is 10.1. The summed E-state index contributed by atoms with van der Waals surface area (Å²) in [6, 6.07) is 18.1. The Bertz CT molecular complexity index is 530. The Hall–Kier alpha value is -2.68. The Labute approximate surface area is 112 Å². The quantitative estimate of drug-likeness (QED) is 0.701. The van der Waals surface area contributed by atoms with Gasteiger partial charge in [0, 0.05) is 18.1 Å². The van der Waals surface area contributed by atoms with Gasteiger partial charge in [0.15, 0.2) is 0 Å². The van der Waals surface area contributed by atoms with Crippen LogP contribution in [0.25, 0.3) is 0 Å². The summed E-state index contributed by atoms with van der Waals surface area (Å²) in [5.74, 6) is 0. The highest BCUT2D eigenvalue weighted by Crippen LogP contribution is 2.32. The van der Waals surface area contributed by atoms with Gasteiger partial charge in [-0.05, 0) is 36.4 Å². The largest absolute Gasteiger partial charge is 0.307 e. The van der Waals surface area contributed by atoms with E-state index in [1.807, 2.05) is 54.9 Å². The van der Waals surface area contributed by atoms with Crippen molar-refractivity contribution in [2.24, 2.45) is 0 Å². The van der Waals surface area contributed by atoms with Crippen molar-refractivity contribution in [2.45, 2.75) is 0 Å². The van der Waals surface area contributed by atoms with E-state index in [1.165, 1.54) is 0 Å². The van der Waals surface area contributed by atoms with E-state index in [9.17, 15) is 0 Å². The Kier molecular flexibility index (Phi) is 3.19. The molecule has 3 aromatic rings. The molecular weight excluding hydrogens is 234 g/mol. The van der Waals surface area contributed by atoms with Crippen molar-refractivity contribution in [1.82, 2.24) is 9.97 Å². The van der Waals surface area contributed by atoms with Crippen molar-refractivity contribution in [1.29, 1.82) is 0 Å². The van der Waals surface area contributed by atoms with E-state index in [0.717, 1.165) is 17.1 Å². The Balaban J connectivity index is 2.12. The molecule has 1 aromatic carbocycles. The fourth-order valence-electron chi connectivity index (χ4n) is 2.00. The van der Waals surface area contributed by atoms with Gasteiger partial charge in [0.05, 0.1) is 23.8 Å². The summed E-state index contributed by atoms with van der Waals surface area (Å²) in [7, 11) is 0. The Morgan fingerprint density at radius 1 is 0.579 bits per heavy atom. The molecule has 0 bridgehead atoms. The summed E-state index contributed by atoms with van der Waals surface area (Å²) in [4.78, 5) is 10.5. The second kappa shape index (κ2) is 5.31. The highest BCUT2D eigenvalue weighted by Gasteiger charge is 2.11. The first-order valence-corrected chi connectivity index (χ1v) is 6.10. The highest BCUT2D eigenvalue weighted by molar-refractivity contribution is 5.75. The SMILES string of the molecule is c1ccc(N(c2cccnc2)c2cccnc2)cc1. The highest BCUT2D eigenvalue weighted by atomic mass is 15.1. The number of hydrogen-bond donors (Lipinski definition) is 0. The van der Waals surface area contributed by atoms with Crippen LogP contribution in [0.1, 0.15) is 0 Å². The third-order valence-electron chi connectivity index (χ3n) is 2.82. The summed E-state index contributed by atoms with van der Waals surface area (Å²) in [5, 5.41) is 0. The molecule has 19 heavy (non-hydrogen) atoms. The van der Waals surface area contributed by atoms with E-state index in [2.05, 4.69) is 27.0 Å². The van der Waals surface area contributed by atoms with E-state index in [0.29, 0.717) is 0 Å². The lowest BCUT2D eigenvalue weighted by Crippen LogP contribution is -2.10. The van der Waals surface area contributed by atoms with Crippen LogP contribution in [0.3, 0.4) is 0 Å². The molecule has 3 heteroatoms. The van der Waals surface area contributed by atoms with Gasteiger partial charge in [0.25, 0.3) is 0 Å². The second-order valence-electron chi connectivity index (χ2n) is 4.09. The van der Waals surface area contributed by atoms with E-state index in [1.54, 1.807) is 12.4 Å². The van der Waals surface area contributed by atoms with Crippen LogP contribution in [0.4, 0.5) is 17.1 Å². The predicted molar refractivity (Wildman–Crippen MR) is 76.7 cm³/mol. The van der Waals surface area contributed by atoms with E-state index in [-0.39, 0.29) is 0 Å². The number of benzene rings is 1. The standard InChI is InChI=1S/C16H13N3/c1-2-6-14(7-3-1)19(15-8-4-10-17-12-15)16-9-5-11-18-13-16/h1-13H. The first-order valence-electron chi connectivity index (χ1n) is 6.10. The zero-order valence-corrected chi connectivity index (χ0v) is 10.3. The molecule has 3 rings (SSSR count). The fourth-order valence-corrected chi connectivity index (χ4v) is 2.00. The maximum atomic E-state index is 4.19. The van der Waals surface area contributed by atoms with Crippen molar-refractivity contribution < 1.29 is 0 Å². The van der Waals surface area contributed by atoms with Gasteiger partial charge in [-0.1, -0.05) is 18.2 Å². The summed E-state index contributed by atoms with van der Waals surface area (Å²) in [5.41, 5.74) is 3.12. The molecule has 0 aliphatic carbocycles. The van der Waals surface area contributed by atoms with E-state index < -0.39 is 0 Å². The van der Waals surface area contributed by atoms with Gasteiger partial charge in [-0.3, -0.25) is 9.97 Å². The fraction of sp³-hybridized carbons (Fsp3) is 0. The van der Waals surface area contributed by atoms with Crippen LogP contribution in [0.15, 0.2) is 79.4 Å². The van der Waals surface area contributed by atoms with Gasteiger partial charge < -0.3 is 4.90 Å².